The van der Waals surface area contributed by atoms with Gasteiger partial charge in [0, 0.05) is 11.1 Å². The lowest BCUT2D eigenvalue weighted by atomic mass is 9.70. The van der Waals surface area contributed by atoms with Crippen LogP contribution in [0, 0.1) is 10.8 Å². The van der Waals surface area contributed by atoms with Crippen LogP contribution in [0.4, 0.5) is 0 Å². The number of rotatable bonds is 2. The molecule has 0 aromatic rings. The first-order valence-electron chi connectivity index (χ1n) is 7.45. The Labute approximate surface area is 124 Å². The van der Waals surface area contributed by atoms with Gasteiger partial charge in [-0.2, -0.15) is 0 Å². The highest BCUT2D eigenvalue weighted by atomic mass is 16.5. The van der Waals surface area contributed by atoms with Crippen molar-refractivity contribution in [2.45, 2.75) is 74.0 Å². The topological polar surface area (TPSA) is 26.3 Å². The Morgan fingerprint density at radius 2 is 1.30 bits per heavy atom. The molecular formula is C18H30O2. The van der Waals surface area contributed by atoms with Crippen molar-refractivity contribution in [3.8, 4) is 0 Å². The van der Waals surface area contributed by atoms with E-state index < -0.39 is 5.60 Å². The van der Waals surface area contributed by atoms with Gasteiger partial charge in [-0.25, -0.2) is 0 Å². The van der Waals surface area contributed by atoms with Crippen molar-refractivity contribution < 1.29 is 9.53 Å². The Hall–Kier alpha value is -0.890. The zero-order chi connectivity index (χ0) is 15.9. The summed E-state index contributed by atoms with van der Waals surface area (Å²) in [5.41, 5.74) is 0.848. The van der Waals surface area contributed by atoms with E-state index in [2.05, 4.69) is 41.5 Å². The van der Waals surface area contributed by atoms with Gasteiger partial charge in [-0.15, -0.1) is 0 Å². The van der Waals surface area contributed by atoms with Crippen LogP contribution in [0.2, 0.25) is 0 Å². The van der Waals surface area contributed by atoms with Crippen molar-refractivity contribution in [2.24, 2.45) is 10.8 Å². The second kappa shape index (κ2) is 5.14. The molecule has 0 aliphatic heterocycles. The number of ketones is 1. The first-order chi connectivity index (χ1) is 8.76. The molecule has 0 aromatic heterocycles. The molecule has 0 saturated heterocycles. The highest BCUT2D eigenvalue weighted by molar-refractivity contribution is 6.11. The van der Waals surface area contributed by atoms with E-state index in [9.17, 15) is 4.79 Å². The van der Waals surface area contributed by atoms with Gasteiger partial charge in [-0.05, 0) is 43.8 Å². The first kappa shape index (κ1) is 17.2. The van der Waals surface area contributed by atoms with Crippen molar-refractivity contribution in [1.29, 1.82) is 0 Å². The lowest BCUT2D eigenvalue weighted by Gasteiger charge is -2.38. The summed E-state index contributed by atoms with van der Waals surface area (Å²) in [6.07, 6.45) is 4.12. The fraction of sp³-hybridized carbons (Fsp3) is 0.722. The molecule has 0 saturated carbocycles. The van der Waals surface area contributed by atoms with Crippen LogP contribution in [0.3, 0.4) is 0 Å². The van der Waals surface area contributed by atoms with Crippen LogP contribution in [-0.4, -0.2) is 17.5 Å². The van der Waals surface area contributed by atoms with Gasteiger partial charge in [-0.3, -0.25) is 4.79 Å². The third-order valence-corrected chi connectivity index (χ3v) is 3.46. The predicted molar refractivity (Wildman–Crippen MR) is 84.7 cm³/mol. The minimum Gasteiger partial charge on any atom is -0.364 e. The maximum atomic E-state index is 12.8. The number of carbonyl (C=O) groups excluding carboxylic acids is 1. The molecule has 1 rings (SSSR count). The fourth-order valence-electron chi connectivity index (χ4n) is 2.58. The third-order valence-electron chi connectivity index (χ3n) is 3.46. The summed E-state index contributed by atoms with van der Waals surface area (Å²) in [6, 6.07) is 0. The predicted octanol–water partition coefficient (Wildman–Crippen LogP) is 4.70. The molecule has 0 N–H and O–H groups in total. The summed E-state index contributed by atoms with van der Waals surface area (Å²) in [7, 11) is 0. The molecule has 0 fully saturated rings. The zero-order valence-electron chi connectivity index (χ0n) is 14.5. The third kappa shape index (κ3) is 3.82. The molecule has 0 aromatic carbocycles. The minimum absolute atomic E-state index is 0.114. The standard InChI is InChI=1S/C18H30O2/c1-12(2)20-18(9)10-13(16(3,4)5)15(19)14(11-18)17(6,7)8/h10-12H,1-9H3. The average molecular weight is 278 g/mol. The van der Waals surface area contributed by atoms with Gasteiger partial charge < -0.3 is 4.74 Å². The van der Waals surface area contributed by atoms with E-state index >= 15 is 0 Å². The molecule has 20 heavy (non-hydrogen) atoms. The molecule has 2 heteroatoms. The SMILES string of the molecule is CC(C)OC1(C)C=C(C(C)(C)C)C(=O)C(C(C)(C)C)=C1. The molecule has 2 nitrogen and oxygen atoms in total. The minimum atomic E-state index is -0.507. The summed E-state index contributed by atoms with van der Waals surface area (Å²) >= 11 is 0. The van der Waals surface area contributed by atoms with Crippen LogP contribution < -0.4 is 0 Å². The fourth-order valence-corrected chi connectivity index (χ4v) is 2.58. The van der Waals surface area contributed by atoms with Gasteiger partial charge in [0.1, 0.15) is 5.60 Å². The number of Topliss-reactive ketones (excluding diaryl/α,β-unsaturated/α-hetero) is 1. The molecule has 0 amide bonds. The molecule has 0 heterocycles. The monoisotopic (exact) mass is 278 g/mol. The van der Waals surface area contributed by atoms with E-state index in [0.717, 1.165) is 11.1 Å². The van der Waals surface area contributed by atoms with Crippen LogP contribution in [0.5, 0.6) is 0 Å². The Balaban J connectivity index is 3.40. The van der Waals surface area contributed by atoms with Crippen LogP contribution in [-0.2, 0) is 9.53 Å². The highest BCUT2D eigenvalue weighted by Gasteiger charge is 2.39. The molecule has 0 spiro atoms. The van der Waals surface area contributed by atoms with E-state index in [-0.39, 0.29) is 22.7 Å². The maximum absolute atomic E-state index is 12.8. The van der Waals surface area contributed by atoms with Crippen LogP contribution in [0.1, 0.15) is 62.3 Å². The van der Waals surface area contributed by atoms with Gasteiger partial charge in [0.15, 0.2) is 5.78 Å². The quantitative estimate of drug-likeness (QED) is 0.732. The summed E-state index contributed by atoms with van der Waals surface area (Å²) in [6.45, 7) is 18.6. The normalized spacial score (nSPS) is 20.0. The molecular weight excluding hydrogens is 248 g/mol. The molecule has 114 valence electrons. The molecule has 0 atom stereocenters. The lowest BCUT2D eigenvalue weighted by Crippen LogP contribution is -2.38. The summed E-state index contributed by atoms with van der Waals surface area (Å²) < 4.78 is 6.07. The molecule has 1 aliphatic carbocycles. The average Bonchev–Trinajstić information content (AvgIpc) is 2.17. The summed E-state index contributed by atoms with van der Waals surface area (Å²) in [4.78, 5) is 12.8. The van der Waals surface area contributed by atoms with Crippen molar-refractivity contribution in [2.75, 3.05) is 0 Å². The Morgan fingerprint density at radius 1 is 0.950 bits per heavy atom. The van der Waals surface area contributed by atoms with Crippen LogP contribution in [0.25, 0.3) is 0 Å². The zero-order valence-corrected chi connectivity index (χ0v) is 14.5. The van der Waals surface area contributed by atoms with Gasteiger partial charge in [0.25, 0.3) is 0 Å². The first-order valence-corrected chi connectivity index (χ1v) is 7.45. The van der Waals surface area contributed by atoms with E-state index in [1.165, 1.54) is 0 Å². The highest BCUT2D eigenvalue weighted by Crippen LogP contribution is 2.41. The van der Waals surface area contributed by atoms with E-state index in [4.69, 9.17) is 4.74 Å². The molecule has 1 aliphatic rings. The molecule has 0 radical (unpaired) electrons. The van der Waals surface area contributed by atoms with Crippen molar-refractivity contribution >= 4 is 5.78 Å². The smallest absolute Gasteiger partial charge is 0.185 e. The number of ether oxygens (including phenoxy) is 1. The molecule has 0 bridgehead atoms. The van der Waals surface area contributed by atoms with Gasteiger partial charge in [0.2, 0.25) is 0 Å². The van der Waals surface area contributed by atoms with Gasteiger partial charge in [0.05, 0.1) is 6.10 Å². The number of hydrogen-bond donors (Lipinski definition) is 0. The van der Waals surface area contributed by atoms with E-state index in [1.54, 1.807) is 0 Å². The lowest BCUT2D eigenvalue weighted by molar-refractivity contribution is -0.114. The number of carbonyl (C=O) groups is 1. The van der Waals surface area contributed by atoms with Gasteiger partial charge >= 0.3 is 0 Å². The number of hydrogen-bond acceptors (Lipinski definition) is 2. The summed E-state index contributed by atoms with van der Waals surface area (Å²) in [5.74, 6) is 0.162. The second-order valence-corrected chi connectivity index (χ2v) is 8.30. The van der Waals surface area contributed by atoms with Gasteiger partial charge in [-0.1, -0.05) is 41.5 Å². The number of allylic oxidation sites excluding steroid dienone is 2. The van der Waals surface area contributed by atoms with Crippen molar-refractivity contribution in [1.82, 2.24) is 0 Å². The largest absolute Gasteiger partial charge is 0.364 e. The molecule has 0 unspecified atom stereocenters. The van der Waals surface area contributed by atoms with Crippen molar-refractivity contribution in [3.05, 3.63) is 23.3 Å². The van der Waals surface area contributed by atoms with Crippen LogP contribution >= 0.6 is 0 Å². The Kier molecular flexibility index (Phi) is 4.41. The van der Waals surface area contributed by atoms with Crippen molar-refractivity contribution in [3.63, 3.8) is 0 Å². The van der Waals surface area contributed by atoms with E-state index in [0.29, 0.717) is 0 Å². The maximum Gasteiger partial charge on any atom is 0.185 e. The Bertz CT molecular complexity index is 417. The summed E-state index contributed by atoms with van der Waals surface area (Å²) in [5, 5.41) is 0. The Morgan fingerprint density at radius 3 is 1.55 bits per heavy atom. The van der Waals surface area contributed by atoms with Crippen LogP contribution in [0.15, 0.2) is 23.3 Å². The second-order valence-electron chi connectivity index (χ2n) is 8.30. The van der Waals surface area contributed by atoms with E-state index in [1.807, 2.05) is 32.9 Å².